The number of hydrogen-bond donors (Lipinski definition) is 0. The fourth-order valence-electron chi connectivity index (χ4n) is 4.14. The van der Waals surface area contributed by atoms with Crippen molar-refractivity contribution < 1.29 is 4.74 Å². The average Bonchev–Trinajstić information content (AvgIpc) is 2.89. The van der Waals surface area contributed by atoms with Gasteiger partial charge in [0.2, 0.25) is 0 Å². The van der Waals surface area contributed by atoms with Crippen molar-refractivity contribution in [3.8, 4) is 5.75 Å². The largest absolute Gasteiger partial charge is 0.486 e. The Hall–Kier alpha value is -1.74. The Morgan fingerprint density at radius 3 is 2.50 bits per heavy atom. The highest BCUT2D eigenvalue weighted by Gasteiger charge is 2.39. The number of benzene rings is 2. The zero-order valence-electron chi connectivity index (χ0n) is 16.3. The van der Waals surface area contributed by atoms with E-state index < -0.39 is 0 Å². The summed E-state index contributed by atoms with van der Waals surface area (Å²) in [6.45, 7) is 11.0. The summed E-state index contributed by atoms with van der Waals surface area (Å²) in [4.78, 5) is 6.47. The Morgan fingerprint density at radius 2 is 1.81 bits per heavy atom. The van der Waals surface area contributed by atoms with Gasteiger partial charge < -0.3 is 4.74 Å². The third-order valence-corrected chi connectivity index (χ3v) is 5.93. The van der Waals surface area contributed by atoms with Crippen molar-refractivity contribution >= 4 is 17.5 Å². The van der Waals surface area contributed by atoms with Crippen LogP contribution in [0.2, 0.25) is 0 Å². The summed E-state index contributed by atoms with van der Waals surface area (Å²) in [5.74, 6) is 2.14. The topological polar surface area (TPSA) is 21.6 Å². The molecule has 26 heavy (non-hydrogen) atoms. The van der Waals surface area contributed by atoms with Gasteiger partial charge in [0, 0.05) is 28.0 Å². The van der Waals surface area contributed by atoms with Gasteiger partial charge in [0.1, 0.15) is 11.4 Å². The highest BCUT2D eigenvalue weighted by Crippen LogP contribution is 2.47. The molecule has 0 spiro atoms. The Bertz CT molecular complexity index is 881. The smallest absolute Gasteiger partial charge is 0.137 e. The summed E-state index contributed by atoms with van der Waals surface area (Å²) in [5, 5.41) is 0. The maximum atomic E-state index is 6.40. The summed E-state index contributed by atoms with van der Waals surface area (Å²) in [6.07, 6.45) is 1.92. The minimum Gasteiger partial charge on any atom is -0.486 e. The van der Waals surface area contributed by atoms with Crippen LogP contribution in [-0.2, 0) is 12.8 Å². The Balaban J connectivity index is 1.98. The summed E-state index contributed by atoms with van der Waals surface area (Å²) in [6, 6.07) is 13.0. The molecule has 2 aliphatic heterocycles. The number of thioether (sulfide) groups is 1. The molecule has 0 amide bonds. The first-order valence-corrected chi connectivity index (χ1v) is 10.4. The second kappa shape index (κ2) is 6.16. The van der Waals surface area contributed by atoms with Crippen molar-refractivity contribution in [3.63, 3.8) is 0 Å². The molecule has 136 valence electrons. The lowest BCUT2D eigenvalue weighted by atomic mass is 9.81. The number of rotatable bonds is 3. The van der Waals surface area contributed by atoms with E-state index in [0.29, 0.717) is 0 Å². The van der Waals surface area contributed by atoms with E-state index in [0.717, 1.165) is 30.1 Å². The van der Waals surface area contributed by atoms with Crippen LogP contribution in [-0.4, -0.2) is 22.6 Å². The molecule has 0 aliphatic carbocycles. The molecule has 2 heterocycles. The highest BCUT2D eigenvalue weighted by molar-refractivity contribution is 7.99. The Labute approximate surface area is 161 Å². The zero-order chi connectivity index (χ0) is 18.5. The molecule has 2 aromatic carbocycles. The molecule has 2 nitrogen and oxygen atoms in total. The van der Waals surface area contributed by atoms with Gasteiger partial charge in [0.25, 0.3) is 0 Å². The third kappa shape index (κ3) is 3.07. The first-order chi connectivity index (χ1) is 12.3. The lowest BCUT2D eigenvalue weighted by molar-refractivity contribution is 0.135. The molecule has 0 radical (unpaired) electrons. The summed E-state index contributed by atoms with van der Waals surface area (Å²) >= 11 is 1.89. The summed E-state index contributed by atoms with van der Waals surface area (Å²) in [5.41, 5.74) is 6.16. The second-order valence-corrected chi connectivity index (χ2v) is 9.81. The van der Waals surface area contributed by atoms with Gasteiger partial charge >= 0.3 is 0 Å². The van der Waals surface area contributed by atoms with E-state index >= 15 is 0 Å². The number of aliphatic imine (C=N–C) groups is 1. The molecule has 2 aliphatic rings. The van der Waals surface area contributed by atoms with Crippen molar-refractivity contribution in [2.45, 2.75) is 63.5 Å². The molecular weight excluding hydrogens is 338 g/mol. The number of fused-ring (bicyclic) bond motifs is 3. The van der Waals surface area contributed by atoms with Crippen LogP contribution >= 0.6 is 11.8 Å². The zero-order valence-corrected chi connectivity index (χ0v) is 17.2. The second-order valence-electron chi connectivity index (χ2n) is 8.50. The fraction of sp³-hybridized carbons (Fsp3) is 0.435. The van der Waals surface area contributed by atoms with E-state index in [1.165, 1.54) is 27.1 Å². The quantitative estimate of drug-likeness (QED) is 0.652. The Kier molecular flexibility index (Phi) is 4.18. The van der Waals surface area contributed by atoms with Crippen LogP contribution in [0.1, 0.15) is 56.9 Å². The van der Waals surface area contributed by atoms with Crippen molar-refractivity contribution in [1.29, 1.82) is 0 Å². The maximum absolute atomic E-state index is 6.40. The number of nitrogens with zero attached hydrogens (tertiary/aromatic N) is 1. The van der Waals surface area contributed by atoms with Crippen LogP contribution in [0.25, 0.3) is 0 Å². The normalized spacial score (nSPS) is 19.3. The van der Waals surface area contributed by atoms with Gasteiger partial charge in [-0.15, -0.1) is 11.8 Å². The average molecular weight is 366 g/mol. The van der Waals surface area contributed by atoms with Gasteiger partial charge in [0.15, 0.2) is 0 Å². The van der Waals surface area contributed by atoms with Crippen molar-refractivity contribution in [3.05, 3.63) is 58.7 Å². The van der Waals surface area contributed by atoms with Crippen LogP contribution in [0.3, 0.4) is 0 Å². The van der Waals surface area contributed by atoms with Crippen LogP contribution in [0.5, 0.6) is 5.75 Å². The fourth-order valence-corrected chi connectivity index (χ4v) is 4.97. The first-order valence-electron chi connectivity index (χ1n) is 9.46. The Morgan fingerprint density at radius 1 is 1.08 bits per heavy atom. The molecule has 0 fully saturated rings. The van der Waals surface area contributed by atoms with Gasteiger partial charge in [-0.1, -0.05) is 37.3 Å². The molecule has 0 atom stereocenters. The van der Waals surface area contributed by atoms with Crippen molar-refractivity contribution in [2.24, 2.45) is 4.99 Å². The number of ether oxygens (including phenoxy) is 1. The SMILES string of the molecule is CCSc1cc2c(c3c1OC(C)(C)C3)C(c1ccccc1)=NC(C)(C)C2. The molecule has 0 unspecified atom stereocenters. The molecule has 3 heteroatoms. The molecule has 0 N–H and O–H groups in total. The molecular formula is C23H27NOS. The van der Waals surface area contributed by atoms with Crippen LogP contribution in [0.15, 0.2) is 46.3 Å². The first kappa shape index (κ1) is 17.7. The minimum absolute atomic E-state index is 0.0878. The van der Waals surface area contributed by atoms with Crippen LogP contribution in [0, 0.1) is 0 Å². The predicted molar refractivity (Wildman–Crippen MR) is 111 cm³/mol. The van der Waals surface area contributed by atoms with Crippen molar-refractivity contribution in [1.82, 2.24) is 0 Å². The van der Waals surface area contributed by atoms with Gasteiger partial charge in [-0.3, -0.25) is 4.99 Å². The molecule has 2 aromatic rings. The maximum Gasteiger partial charge on any atom is 0.137 e. The molecule has 0 saturated heterocycles. The number of hydrogen-bond acceptors (Lipinski definition) is 3. The van der Waals surface area contributed by atoms with E-state index in [2.05, 4.69) is 71.0 Å². The standard InChI is InChI=1S/C23H27NOS/c1-6-26-18-12-16-13-22(2,3)24-20(15-10-8-7-9-11-15)19(16)17-14-23(4,5)25-21(17)18/h7-12H,6,13-14H2,1-5H3. The van der Waals surface area contributed by atoms with Gasteiger partial charge in [-0.2, -0.15) is 0 Å². The van der Waals surface area contributed by atoms with Gasteiger partial charge in [-0.05, 0) is 51.5 Å². The van der Waals surface area contributed by atoms with E-state index in [1.807, 2.05) is 11.8 Å². The third-order valence-electron chi connectivity index (χ3n) is 5.03. The van der Waals surface area contributed by atoms with E-state index in [9.17, 15) is 0 Å². The van der Waals surface area contributed by atoms with Crippen molar-refractivity contribution in [2.75, 3.05) is 5.75 Å². The minimum atomic E-state index is -0.157. The van der Waals surface area contributed by atoms with E-state index in [-0.39, 0.29) is 11.1 Å². The monoisotopic (exact) mass is 365 g/mol. The van der Waals surface area contributed by atoms with Crippen LogP contribution in [0.4, 0.5) is 0 Å². The summed E-state index contributed by atoms with van der Waals surface area (Å²) < 4.78 is 6.40. The van der Waals surface area contributed by atoms with Gasteiger partial charge in [0.05, 0.1) is 11.3 Å². The molecule has 0 bridgehead atoms. The molecule has 0 aromatic heterocycles. The lowest BCUT2D eigenvalue weighted by Crippen LogP contribution is -2.30. The predicted octanol–water partition coefficient (Wildman–Crippen LogP) is 5.68. The summed E-state index contributed by atoms with van der Waals surface area (Å²) in [7, 11) is 0. The van der Waals surface area contributed by atoms with E-state index in [1.54, 1.807) is 0 Å². The highest BCUT2D eigenvalue weighted by atomic mass is 32.2. The van der Waals surface area contributed by atoms with Crippen LogP contribution < -0.4 is 4.74 Å². The molecule has 4 rings (SSSR count). The molecule has 0 saturated carbocycles. The van der Waals surface area contributed by atoms with E-state index in [4.69, 9.17) is 9.73 Å². The van der Waals surface area contributed by atoms with Gasteiger partial charge in [-0.25, -0.2) is 0 Å². The lowest BCUT2D eigenvalue weighted by Gasteiger charge is -2.31.